The number of rotatable bonds is 5. The number of benzene rings is 1. The molecule has 182 valence electrons. The van der Waals surface area contributed by atoms with Crippen molar-refractivity contribution < 1.29 is 36.6 Å². The molecule has 0 saturated carbocycles. The molecule has 35 heavy (non-hydrogen) atoms. The van der Waals surface area contributed by atoms with Crippen molar-refractivity contribution in [3.8, 4) is 11.3 Å². The number of nitrogens with zero attached hydrogens (tertiary/aromatic N) is 4. The smallest absolute Gasteiger partial charge is 0.393 e. The topological polar surface area (TPSA) is 104 Å². The van der Waals surface area contributed by atoms with Gasteiger partial charge in [0, 0.05) is 34.3 Å². The van der Waals surface area contributed by atoms with Gasteiger partial charge >= 0.3 is 12.4 Å². The van der Waals surface area contributed by atoms with Crippen molar-refractivity contribution in [3.63, 3.8) is 0 Å². The summed E-state index contributed by atoms with van der Waals surface area (Å²) in [6.07, 6.45) is -7.85. The summed E-state index contributed by atoms with van der Waals surface area (Å²) in [5.74, 6) is 0.189. The molecule has 4 aromatic rings. The first-order valence-corrected chi connectivity index (χ1v) is 9.89. The number of anilines is 2. The van der Waals surface area contributed by atoms with E-state index in [9.17, 15) is 31.4 Å². The molecule has 0 fully saturated rings. The second-order valence-corrected chi connectivity index (χ2v) is 7.41. The lowest BCUT2D eigenvalue weighted by molar-refractivity contribution is -0.138. The Balaban J connectivity index is 1.72. The van der Waals surface area contributed by atoms with Crippen molar-refractivity contribution >= 4 is 22.4 Å². The van der Waals surface area contributed by atoms with Crippen molar-refractivity contribution in [2.45, 2.75) is 18.5 Å². The minimum absolute atomic E-state index is 0.0583. The molecular weight excluding hydrogens is 480 g/mol. The van der Waals surface area contributed by atoms with Gasteiger partial charge in [0.1, 0.15) is 11.9 Å². The molecule has 1 aromatic carbocycles. The maximum atomic E-state index is 13.7. The highest BCUT2D eigenvalue weighted by Gasteiger charge is 2.35. The number of halogens is 6. The summed E-state index contributed by atoms with van der Waals surface area (Å²) in [6.45, 7) is -0.767. The van der Waals surface area contributed by atoms with E-state index in [1.54, 1.807) is 0 Å². The SMILES string of the molecule is OC[C@H](O)c1cnc(-c2ccc3c(Nc4ccc(C(F)(F)F)cn4)nncc3c2)c(C(F)(F)F)c1. The van der Waals surface area contributed by atoms with Crippen LogP contribution in [0.15, 0.2) is 55.0 Å². The van der Waals surface area contributed by atoms with Gasteiger partial charge < -0.3 is 15.5 Å². The standard InChI is InChI=1S/C22H15F6N5O2/c23-21(24,25)14-2-4-18(29-9-14)32-20-15-3-1-11(5-12(15)8-31-33-20)19-16(22(26,27)28)6-13(7-30-19)17(35)10-34/h1-9,17,34-35H,10H2,(H,29,32,33)/t17-/m0/s1. The molecule has 3 heterocycles. The third kappa shape index (κ3) is 5.15. The molecule has 3 aromatic heterocycles. The molecule has 0 unspecified atom stereocenters. The Hall–Kier alpha value is -3.84. The Morgan fingerprint density at radius 3 is 2.29 bits per heavy atom. The average Bonchev–Trinajstić information content (AvgIpc) is 2.82. The summed E-state index contributed by atoms with van der Waals surface area (Å²) in [5, 5.41) is 30.0. The van der Waals surface area contributed by atoms with Crippen LogP contribution in [0.1, 0.15) is 22.8 Å². The third-order valence-electron chi connectivity index (χ3n) is 5.04. The number of fused-ring (bicyclic) bond motifs is 1. The predicted octanol–water partition coefficient (Wildman–Crippen LogP) is 4.89. The van der Waals surface area contributed by atoms with Gasteiger partial charge in [-0.2, -0.15) is 31.4 Å². The number of aliphatic hydroxyl groups excluding tert-OH is 2. The van der Waals surface area contributed by atoms with Crippen molar-refractivity contribution in [2.24, 2.45) is 0 Å². The molecule has 1 atom stereocenters. The van der Waals surface area contributed by atoms with E-state index in [4.69, 9.17) is 5.11 Å². The van der Waals surface area contributed by atoms with Gasteiger partial charge in [0.25, 0.3) is 0 Å². The zero-order valence-electron chi connectivity index (χ0n) is 17.4. The van der Waals surface area contributed by atoms with Gasteiger partial charge in [0.05, 0.1) is 29.6 Å². The number of pyridine rings is 2. The highest BCUT2D eigenvalue weighted by atomic mass is 19.4. The van der Waals surface area contributed by atoms with Crippen LogP contribution in [-0.4, -0.2) is 37.0 Å². The Morgan fingerprint density at radius 2 is 1.66 bits per heavy atom. The van der Waals surface area contributed by atoms with E-state index >= 15 is 0 Å². The van der Waals surface area contributed by atoms with Crippen molar-refractivity contribution in [2.75, 3.05) is 11.9 Å². The first kappa shape index (κ1) is 24.3. The molecule has 0 saturated heterocycles. The zero-order valence-corrected chi connectivity index (χ0v) is 17.4. The first-order valence-electron chi connectivity index (χ1n) is 9.89. The van der Waals surface area contributed by atoms with Gasteiger partial charge in [-0.25, -0.2) is 4.98 Å². The van der Waals surface area contributed by atoms with Crippen LogP contribution < -0.4 is 5.32 Å². The molecule has 0 aliphatic carbocycles. The molecule has 0 aliphatic heterocycles. The Bertz CT molecular complexity index is 1360. The molecular formula is C22H15F6N5O2. The van der Waals surface area contributed by atoms with Gasteiger partial charge in [0.15, 0.2) is 5.82 Å². The minimum atomic E-state index is -4.79. The quantitative estimate of drug-likeness (QED) is 0.339. The summed E-state index contributed by atoms with van der Waals surface area (Å²) < 4.78 is 79.3. The second-order valence-electron chi connectivity index (χ2n) is 7.41. The van der Waals surface area contributed by atoms with E-state index in [1.165, 1.54) is 24.4 Å². The summed E-state index contributed by atoms with van der Waals surface area (Å²) in [4.78, 5) is 7.57. The van der Waals surface area contributed by atoms with Crippen LogP contribution in [0.4, 0.5) is 38.0 Å². The Labute approximate surface area is 193 Å². The second kappa shape index (κ2) is 9.07. The lowest BCUT2D eigenvalue weighted by atomic mass is 10.00. The molecule has 0 aliphatic rings. The van der Waals surface area contributed by atoms with Crippen molar-refractivity contribution in [1.29, 1.82) is 0 Å². The highest BCUT2D eigenvalue weighted by molar-refractivity contribution is 5.95. The molecule has 0 spiro atoms. The zero-order chi connectivity index (χ0) is 25.4. The average molecular weight is 495 g/mol. The Kier molecular flexibility index (Phi) is 6.30. The lowest BCUT2D eigenvalue weighted by Crippen LogP contribution is -2.12. The highest BCUT2D eigenvalue weighted by Crippen LogP contribution is 2.38. The van der Waals surface area contributed by atoms with E-state index in [0.717, 1.165) is 24.4 Å². The van der Waals surface area contributed by atoms with Crippen LogP contribution in [0.25, 0.3) is 22.0 Å². The van der Waals surface area contributed by atoms with Gasteiger partial charge in [0.2, 0.25) is 0 Å². The summed E-state index contributed by atoms with van der Waals surface area (Å²) >= 11 is 0. The van der Waals surface area contributed by atoms with E-state index in [2.05, 4.69) is 25.5 Å². The monoisotopic (exact) mass is 495 g/mol. The maximum Gasteiger partial charge on any atom is 0.418 e. The van der Waals surface area contributed by atoms with Crippen LogP contribution in [0.3, 0.4) is 0 Å². The number of nitrogens with one attached hydrogen (secondary N) is 1. The summed E-state index contributed by atoms with van der Waals surface area (Å²) in [5.41, 5.74) is -2.52. The largest absolute Gasteiger partial charge is 0.418 e. The number of hydrogen-bond acceptors (Lipinski definition) is 7. The molecule has 3 N–H and O–H groups in total. The number of alkyl halides is 6. The third-order valence-corrected chi connectivity index (χ3v) is 5.04. The fourth-order valence-corrected chi connectivity index (χ4v) is 3.30. The van der Waals surface area contributed by atoms with E-state index < -0.39 is 41.9 Å². The van der Waals surface area contributed by atoms with Crippen LogP contribution in [0.5, 0.6) is 0 Å². The van der Waals surface area contributed by atoms with Gasteiger partial charge in [-0.05, 0) is 30.3 Å². The molecule has 0 amide bonds. The molecule has 0 bridgehead atoms. The Morgan fingerprint density at radius 1 is 0.886 bits per heavy atom. The van der Waals surface area contributed by atoms with Crippen molar-refractivity contribution in [3.05, 3.63) is 71.7 Å². The molecule has 0 radical (unpaired) electrons. The normalized spacial score (nSPS) is 13.1. The fourth-order valence-electron chi connectivity index (χ4n) is 3.30. The molecule has 7 nitrogen and oxygen atoms in total. The van der Waals surface area contributed by atoms with Gasteiger partial charge in [-0.15, -0.1) is 5.10 Å². The van der Waals surface area contributed by atoms with Crippen molar-refractivity contribution in [1.82, 2.24) is 20.2 Å². The number of hydrogen-bond donors (Lipinski definition) is 3. The molecule has 13 heteroatoms. The predicted molar refractivity (Wildman–Crippen MR) is 112 cm³/mol. The molecule has 4 rings (SSSR count). The van der Waals surface area contributed by atoms with E-state index in [1.807, 2.05) is 0 Å². The minimum Gasteiger partial charge on any atom is -0.393 e. The van der Waals surface area contributed by atoms with Crippen LogP contribution >= 0.6 is 0 Å². The van der Waals surface area contributed by atoms with E-state index in [0.29, 0.717) is 17.0 Å². The summed E-state index contributed by atoms with van der Waals surface area (Å²) in [7, 11) is 0. The maximum absolute atomic E-state index is 13.7. The summed E-state index contributed by atoms with van der Waals surface area (Å²) in [6, 6.07) is 6.91. The van der Waals surface area contributed by atoms with Gasteiger partial charge in [-0.3, -0.25) is 4.98 Å². The van der Waals surface area contributed by atoms with Crippen LogP contribution in [0, 0.1) is 0 Å². The number of aromatic nitrogens is 4. The van der Waals surface area contributed by atoms with E-state index in [-0.39, 0.29) is 22.8 Å². The first-order chi connectivity index (χ1) is 16.5. The van der Waals surface area contributed by atoms with Crippen LogP contribution in [0.2, 0.25) is 0 Å². The number of aliphatic hydroxyl groups is 2. The lowest BCUT2D eigenvalue weighted by Gasteiger charge is -2.16. The van der Waals surface area contributed by atoms with Gasteiger partial charge in [-0.1, -0.05) is 6.07 Å². The fraction of sp³-hybridized carbons (Fsp3) is 0.182. The van der Waals surface area contributed by atoms with Crippen LogP contribution in [-0.2, 0) is 12.4 Å².